The van der Waals surface area contributed by atoms with Crippen LogP contribution in [0.5, 0.6) is 11.8 Å². The number of hydrogen-bond acceptors (Lipinski definition) is 9. The van der Waals surface area contributed by atoms with Crippen LogP contribution in [-0.2, 0) is 19.8 Å². The first-order chi connectivity index (χ1) is 12.6. The number of benzene rings is 1. The van der Waals surface area contributed by atoms with Crippen LogP contribution in [0.1, 0.15) is 0 Å². The molecule has 0 saturated carbocycles. The van der Waals surface area contributed by atoms with Gasteiger partial charge in [-0.3, -0.25) is 5.32 Å². The van der Waals surface area contributed by atoms with Gasteiger partial charge in [0, 0.05) is 6.26 Å². The zero-order valence-corrected chi connectivity index (χ0v) is 16.2. The van der Waals surface area contributed by atoms with Gasteiger partial charge < -0.3 is 9.47 Å². The van der Waals surface area contributed by atoms with E-state index in [4.69, 9.17) is 14.3 Å². The van der Waals surface area contributed by atoms with E-state index in [1.54, 1.807) is 0 Å². The van der Waals surface area contributed by atoms with Crippen molar-refractivity contribution in [3.63, 3.8) is 0 Å². The smallest absolute Gasteiger partial charge is 0.334 e. The van der Waals surface area contributed by atoms with E-state index in [9.17, 15) is 17.4 Å². The molecule has 27 heavy (non-hydrogen) atoms. The van der Waals surface area contributed by atoms with Gasteiger partial charge in [0.1, 0.15) is 0 Å². The Morgan fingerprint density at radius 1 is 1.04 bits per heavy atom. The third-order valence-electron chi connectivity index (χ3n) is 3.12. The maximum absolute atomic E-state index is 12.6. The van der Waals surface area contributed by atoms with Gasteiger partial charge in [-0.1, -0.05) is 12.1 Å². The van der Waals surface area contributed by atoms with E-state index in [0.717, 1.165) is 6.26 Å². The van der Waals surface area contributed by atoms with Crippen LogP contribution in [0.2, 0.25) is 0 Å². The molecule has 13 heteroatoms. The quantitative estimate of drug-likeness (QED) is 0.630. The standard InChI is InChI=1S/C14H17N5O6S2/c1-24-11-8-12(25-2)17-13(16-11)18-14(20)19-27(15,23)10-7-5-4-6-9(10)26(3,21)22/h4-8H,1-3H3,(H3,15,16,17,18,19,20,23). The molecule has 0 aliphatic heterocycles. The van der Waals surface area contributed by atoms with Crippen LogP contribution in [0.25, 0.3) is 0 Å². The average Bonchev–Trinajstić information content (AvgIpc) is 2.60. The number of methoxy groups -OCH3 is 2. The molecule has 11 nitrogen and oxygen atoms in total. The van der Waals surface area contributed by atoms with Gasteiger partial charge in [-0.25, -0.2) is 26.9 Å². The molecule has 1 atom stereocenters. The Balaban J connectivity index is 2.29. The van der Waals surface area contributed by atoms with Gasteiger partial charge in [0.05, 0.1) is 30.1 Å². The molecule has 0 aliphatic carbocycles. The van der Waals surface area contributed by atoms with E-state index in [2.05, 4.69) is 15.3 Å². The first-order valence-electron chi connectivity index (χ1n) is 7.20. The SMILES string of the molecule is COc1cc(OC)nc(NC(=O)NS(=N)(=O)c2ccccc2S(C)(=O)=O)n1. The van der Waals surface area contributed by atoms with Crippen LogP contribution >= 0.6 is 0 Å². The van der Waals surface area contributed by atoms with Gasteiger partial charge in [-0.05, 0) is 12.1 Å². The maximum Gasteiger partial charge on any atom is 0.334 e. The summed E-state index contributed by atoms with van der Waals surface area (Å²) >= 11 is 0. The summed E-state index contributed by atoms with van der Waals surface area (Å²) in [5.74, 6) is -0.0207. The van der Waals surface area contributed by atoms with Crippen molar-refractivity contribution in [2.75, 3.05) is 25.8 Å². The number of hydrogen-bond donors (Lipinski definition) is 3. The number of sulfone groups is 1. The number of ether oxygens (including phenoxy) is 2. The third-order valence-corrected chi connectivity index (χ3v) is 5.85. The lowest BCUT2D eigenvalue weighted by atomic mass is 10.4. The van der Waals surface area contributed by atoms with Gasteiger partial charge in [0.15, 0.2) is 19.8 Å². The molecule has 1 aromatic carbocycles. The van der Waals surface area contributed by atoms with Crippen LogP contribution in [0.4, 0.5) is 10.7 Å². The number of aromatic nitrogens is 2. The summed E-state index contributed by atoms with van der Waals surface area (Å²) in [4.78, 5) is 19.2. The molecule has 0 bridgehead atoms. The minimum Gasteiger partial charge on any atom is -0.481 e. The summed E-state index contributed by atoms with van der Waals surface area (Å²) in [5.41, 5.74) is 0. The summed E-state index contributed by atoms with van der Waals surface area (Å²) in [6.45, 7) is 0. The first-order valence-corrected chi connectivity index (χ1v) is 10.7. The summed E-state index contributed by atoms with van der Waals surface area (Å²) in [6, 6.07) is 5.53. The highest BCUT2D eigenvalue weighted by atomic mass is 32.2. The zero-order chi connectivity index (χ0) is 20.2. The van der Waals surface area contributed by atoms with Gasteiger partial charge in [0.2, 0.25) is 17.7 Å². The lowest BCUT2D eigenvalue weighted by Crippen LogP contribution is -2.34. The third kappa shape index (κ3) is 5.04. The molecule has 146 valence electrons. The molecule has 1 unspecified atom stereocenters. The van der Waals surface area contributed by atoms with Crippen molar-refractivity contribution in [3.8, 4) is 11.8 Å². The number of nitrogens with one attached hydrogen (secondary N) is 3. The maximum atomic E-state index is 12.6. The largest absolute Gasteiger partial charge is 0.481 e. The highest BCUT2D eigenvalue weighted by Crippen LogP contribution is 2.21. The van der Waals surface area contributed by atoms with Gasteiger partial charge >= 0.3 is 6.03 Å². The second kappa shape index (κ2) is 7.75. The van der Waals surface area contributed by atoms with Crippen molar-refractivity contribution in [3.05, 3.63) is 30.3 Å². The van der Waals surface area contributed by atoms with Crippen LogP contribution in [-0.4, -0.2) is 49.1 Å². The molecular weight excluding hydrogens is 398 g/mol. The van der Waals surface area contributed by atoms with E-state index in [0.29, 0.717) is 0 Å². The number of nitrogens with zero attached hydrogens (tertiary/aromatic N) is 2. The Labute approximate surface area is 156 Å². The molecule has 0 fully saturated rings. The lowest BCUT2D eigenvalue weighted by molar-refractivity contribution is 0.256. The summed E-state index contributed by atoms with van der Waals surface area (Å²) in [6.07, 6.45) is 0.914. The van der Waals surface area contributed by atoms with Crippen molar-refractivity contribution >= 4 is 31.7 Å². The van der Waals surface area contributed by atoms with Crippen LogP contribution in [0.15, 0.2) is 40.1 Å². The van der Waals surface area contributed by atoms with Crippen molar-refractivity contribution in [2.45, 2.75) is 9.79 Å². The Morgan fingerprint density at radius 2 is 1.56 bits per heavy atom. The molecule has 0 aliphatic rings. The molecule has 0 saturated heterocycles. The number of carbonyl (C=O) groups excluding carboxylic acids is 1. The predicted molar refractivity (Wildman–Crippen MR) is 96.0 cm³/mol. The van der Waals surface area contributed by atoms with Crippen molar-refractivity contribution in [2.24, 2.45) is 0 Å². The molecule has 1 heterocycles. The minimum atomic E-state index is -3.98. The Hall–Kier alpha value is -2.93. The Morgan fingerprint density at radius 3 is 2.04 bits per heavy atom. The summed E-state index contributed by atoms with van der Waals surface area (Å²) in [5, 5.41) is 2.19. The van der Waals surface area contributed by atoms with E-state index >= 15 is 0 Å². The fraction of sp³-hybridized carbons (Fsp3) is 0.214. The van der Waals surface area contributed by atoms with Crippen molar-refractivity contribution in [1.29, 1.82) is 4.78 Å². The van der Waals surface area contributed by atoms with Gasteiger partial charge in [0.25, 0.3) is 0 Å². The molecule has 2 amide bonds. The van der Waals surface area contributed by atoms with E-state index < -0.39 is 25.8 Å². The minimum absolute atomic E-state index is 0.103. The molecule has 2 rings (SSSR count). The number of anilines is 1. The van der Waals surface area contributed by atoms with E-state index in [1.165, 1.54) is 44.6 Å². The number of urea groups is 1. The van der Waals surface area contributed by atoms with Crippen molar-refractivity contribution in [1.82, 2.24) is 14.7 Å². The summed E-state index contributed by atoms with van der Waals surface area (Å²) < 4.78 is 56.1. The fourth-order valence-electron chi connectivity index (χ4n) is 1.98. The highest BCUT2D eigenvalue weighted by molar-refractivity contribution is 7.94. The highest BCUT2D eigenvalue weighted by Gasteiger charge is 2.23. The van der Waals surface area contributed by atoms with Crippen LogP contribution < -0.4 is 19.5 Å². The second-order valence-corrected chi connectivity index (χ2v) is 8.85. The Bertz CT molecular complexity index is 1050. The average molecular weight is 415 g/mol. The fourth-order valence-corrected chi connectivity index (χ4v) is 4.58. The lowest BCUT2D eigenvalue weighted by Gasteiger charge is -2.13. The summed E-state index contributed by atoms with van der Waals surface area (Å²) in [7, 11) is -5.04. The van der Waals surface area contributed by atoms with Gasteiger partial charge in [-0.2, -0.15) is 9.97 Å². The topological polar surface area (TPSA) is 160 Å². The molecule has 0 spiro atoms. The number of carbonyl (C=O) groups is 1. The van der Waals surface area contributed by atoms with Crippen LogP contribution in [0.3, 0.4) is 0 Å². The predicted octanol–water partition coefficient (Wildman–Crippen LogP) is 1.04. The van der Waals surface area contributed by atoms with E-state index in [-0.39, 0.29) is 27.5 Å². The van der Waals surface area contributed by atoms with Crippen LogP contribution in [0, 0.1) is 4.78 Å². The molecule has 0 radical (unpaired) electrons. The molecule has 1 aromatic heterocycles. The van der Waals surface area contributed by atoms with Gasteiger partial charge in [-0.15, -0.1) is 0 Å². The normalized spacial score (nSPS) is 13.3. The molecular formula is C14H17N5O6S2. The van der Waals surface area contributed by atoms with E-state index in [1.807, 2.05) is 4.72 Å². The van der Waals surface area contributed by atoms with Crippen molar-refractivity contribution < 1.29 is 26.9 Å². The zero-order valence-electron chi connectivity index (χ0n) is 14.5. The Kier molecular flexibility index (Phi) is 5.85. The molecule has 3 N–H and O–H groups in total. The number of amides is 2. The number of rotatable bonds is 6. The monoisotopic (exact) mass is 415 g/mol. The first kappa shape index (κ1) is 20.4. The molecule has 2 aromatic rings. The second-order valence-electron chi connectivity index (χ2n) is 5.11.